The van der Waals surface area contributed by atoms with E-state index >= 15 is 0 Å². The van der Waals surface area contributed by atoms with Crippen LogP contribution in [0, 0.1) is 23.2 Å². The molecule has 2 aliphatic rings. The number of hydrogen-bond acceptors (Lipinski definition) is 9. The van der Waals surface area contributed by atoms with Gasteiger partial charge < -0.3 is 35.8 Å². The van der Waals surface area contributed by atoms with Gasteiger partial charge in [0.05, 0.1) is 26.4 Å². The van der Waals surface area contributed by atoms with Crippen LogP contribution in [0.2, 0.25) is 0 Å². The molecule has 1 saturated carbocycles. The number of aliphatic hydroxyl groups is 2. The Morgan fingerprint density at radius 3 is 2.43 bits per heavy atom. The normalized spacial score (nSPS) is 24.2. The van der Waals surface area contributed by atoms with Gasteiger partial charge in [0.1, 0.15) is 17.9 Å². The van der Waals surface area contributed by atoms with E-state index in [2.05, 4.69) is 50.6 Å². The SMILES string of the molecule is COc1c(CN2O[C@@H](CO)[C@@H]([C@H](C)O)C2C(=O)NC2CCC(C)(C)CC2C)cccc1-c1cc(NC(C)=O)cc(C(=O)N[C@@H](CC(C)C)CN(C)C)c1. The van der Waals surface area contributed by atoms with E-state index in [0.29, 0.717) is 46.2 Å². The van der Waals surface area contributed by atoms with Crippen LogP contribution in [-0.2, 0) is 21.0 Å². The van der Waals surface area contributed by atoms with Crippen LogP contribution in [0.1, 0.15) is 90.1 Å². The second-order valence-electron chi connectivity index (χ2n) is 16.7. The molecule has 1 aliphatic heterocycles. The molecule has 0 bridgehead atoms. The van der Waals surface area contributed by atoms with Crippen LogP contribution in [0.4, 0.5) is 5.69 Å². The minimum Gasteiger partial charge on any atom is -0.496 e. The number of hydrogen-bond donors (Lipinski definition) is 5. The molecular weight excluding hydrogens is 674 g/mol. The summed E-state index contributed by atoms with van der Waals surface area (Å²) < 4.78 is 6.02. The number of benzene rings is 2. The molecule has 2 fully saturated rings. The zero-order valence-electron chi connectivity index (χ0n) is 33.4. The first-order valence-corrected chi connectivity index (χ1v) is 19.0. The number of nitrogens with zero attached hydrogens (tertiary/aromatic N) is 2. The standard InChI is InChI=1S/C41H63N5O7/c1-24(2)16-32(22-45(8)9)43-39(50)30-17-29(18-31(19-30)42-27(5)49)33-13-11-12-28(38(33)52-10)21-46-37(36(26(4)48)35(23-47)53-46)40(51)44-34-14-15-41(6,7)20-25(34)3/h11-13,17-19,24-26,32,34-37,47-48H,14-16,20-23H2,1-10H3,(H,42,49)(H,43,50)(H,44,51)/t25?,26-,32-,34?,35-,36+,37?/m0/s1. The van der Waals surface area contributed by atoms with E-state index in [4.69, 9.17) is 9.57 Å². The fourth-order valence-corrected chi connectivity index (χ4v) is 8.30. The van der Waals surface area contributed by atoms with Gasteiger partial charge in [-0.3, -0.25) is 19.2 Å². The van der Waals surface area contributed by atoms with E-state index in [1.807, 2.05) is 37.2 Å². The minimum absolute atomic E-state index is 0.0103. The number of para-hydroxylation sites is 1. The van der Waals surface area contributed by atoms with E-state index in [-0.39, 0.29) is 54.3 Å². The third-order valence-electron chi connectivity index (χ3n) is 10.5. The molecule has 53 heavy (non-hydrogen) atoms. The second-order valence-corrected chi connectivity index (χ2v) is 16.7. The highest BCUT2D eigenvalue weighted by atomic mass is 16.7. The Labute approximate surface area is 315 Å². The van der Waals surface area contributed by atoms with Crippen LogP contribution in [0.5, 0.6) is 5.75 Å². The summed E-state index contributed by atoms with van der Waals surface area (Å²) in [5.41, 5.74) is 3.07. The Balaban J connectivity index is 1.69. The molecular formula is C41H63N5O7. The first-order valence-electron chi connectivity index (χ1n) is 19.0. The predicted octanol–water partition coefficient (Wildman–Crippen LogP) is 4.83. The number of ether oxygens (including phenoxy) is 1. The Hall–Kier alpha value is -3.55. The van der Waals surface area contributed by atoms with Crippen LogP contribution in [-0.4, -0.2) is 103 Å². The number of aliphatic hydroxyl groups excluding tert-OH is 2. The maximum Gasteiger partial charge on any atom is 0.251 e. The second kappa shape index (κ2) is 18.2. The first kappa shape index (κ1) is 42.2. The number of methoxy groups -OCH3 is 1. The lowest BCUT2D eigenvalue weighted by Gasteiger charge is -2.40. The van der Waals surface area contributed by atoms with Crippen molar-refractivity contribution in [3.8, 4) is 16.9 Å². The Morgan fingerprint density at radius 2 is 1.85 bits per heavy atom. The van der Waals surface area contributed by atoms with Gasteiger partial charge in [-0.05, 0) is 87.7 Å². The van der Waals surface area contributed by atoms with Crippen molar-refractivity contribution in [3.63, 3.8) is 0 Å². The number of nitrogens with one attached hydrogen (secondary N) is 3. The fraction of sp³-hybridized carbons (Fsp3) is 0.634. The molecule has 3 amide bonds. The summed E-state index contributed by atoms with van der Waals surface area (Å²) in [7, 11) is 5.51. The third-order valence-corrected chi connectivity index (χ3v) is 10.5. The number of amides is 3. The van der Waals surface area contributed by atoms with Crippen LogP contribution >= 0.6 is 0 Å². The van der Waals surface area contributed by atoms with Gasteiger partial charge in [-0.25, -0.2) is 0 Å². The molecule has 1 heterocycles. The van der Waals surface area contributed by atoms with Crippen LogP contribution < -0.4 is 20.7 Å². The number of carbonyl (C=O) groups is 3. The lowest BCUT2D eigenvalue weighted by molar-refractivity contribution is -0.182. The molecule has 0 spiro atoms. The van der Waals surface area contributed by atoms with Crippen molar-refractivity contribution < 1.29 is 34.2 Å². The maximum atomic E-state index is 14.1. The van der Waals surface area contributed by atoms with Gasteiger partial charge in [0.25, 0.3) is 5.91 Å². The molecule has 4 rings (SSSR count). The average molecular weight is 738 g/mol. The molecule has 7 atom stereocenters. The van der Waals surface area contributed by atoms with Crippen LogP contribution in [0.15, 0.2) is 36.4 Å². The quantitative estimate of drug-likeness (QED) is 0.173. The van der Waals surface area contributed by atoms with E-state index < -0.39 is 24.2 Å². The van der Waals surface area contributed by atoms with Gasteiger partial charge in [0, 0.05) is 53.8 Å². The number of hydroxylamine groups is 2. The summed E-state index contributed by atoms with van der Waals surface area (Å²) in [6, 6.07) is 9.90. The first-order chi connectivity index (χ1) is 24.9. The van der Waals surface area contributed by atoms with Crippen molar-refractivity contribution in [1.82, 2.24) is 20.6 Å². The fourth-order valence-electron chi connectivity index (χ4n) is 8.30. The summed E-state index contributed by atoms with van der Waals surface area (Å²) in [6.45, 7) is 14.4. The van der Waals surface area contributed by atoms with Gasteiger partial charge in [-0.2, -0.15) is 5.06 Å². The van der Waals surface area contributed by atoms with Crippen LogP contribution in [0.3, 0.4) is 0 Å². The molecule has 0 radical (unpaired) electrons. The molecule has 1 saturated heterocycles. The van der Waals surface area contributed by atoms with Crippen LogP contribution in [0.25, 0.3) is 11.1 Å². The summed E-state index contributed by atoms with van der Waals surface area (Å²) >= 11 is 0. The summed E-state index contributed by atoms with van der Waals surface area (Å²) in [4.78, 5) is 48.3. The molecule has 12 heteroatoms. The third kappa shape index (κ3) is 11.0. The molecule has 0 aromatic heterocycles. The topological polar surface area (TPSA) is 153 Å². The lowest BCUT2D eigenvalue weighted by atomic mass is 9.70. The van der Waals surface area contributed by atoms with Crippen molar-refractivity contribution in [2.24, 2.45) is 23.2 Å². The number of carbonyl (C=O) groups excluding carboxylic acids is 3. The van der Waals surface area contributed by atoms with Gasteiger partial charge in [-0.1, -0.05) is 52.8 Å². The van der Waals surface area contributed by atoms with Crippen molar-refractivity contribution >= 4 is 23.4 Å². The molecule has 1 aliphatic carbocycles. The zero-order chi connectivity index (χ0) is 39.2. The highest BCUT2D eigenvalue weighted by Crippen LogP contribution is 2.41. The van der Waals surface area contributed by atoms with Gasteiger partial charge >= 0.3 is 0 Å². The average Bonchev–Trinajstić information content (AvgIpc) is 3.43. The van der Waals surface area contributed by atoms with E-state index in [1.165, 1.54) is 6.92 Å². The number of likely N-dealkylation sites (N-methyl/N-ethyl adjacent to an activating group) is 1. The van der Waals surface area contributed by atoms with E-state index in [0.717, 1.165) is 25.7 Å². The summed E-state index contributed by atoms with van der Waals surface area (Å²) in [6.07, 6.45) is 1.94. The minimum atomic E-state index is -0.928. The van der Waals surface area contributed by atoms with Gasteiger partial charge in [0.2, 0.25) is 11.8 Å². The molecule has 2 aromatic carbocycles. The maximum absolute atomic E-state index is 14.1. The van der Waals surface area contributed by atoms with Crippen molar-refractivity contribution in [3.05, 3.63) is 47.5 Å². The zero-order valence-corrected chi connectivity index (χ0v) is 33.4. The van der Waals surface area contributed by atoms with Crippen molar-refractivity contribution in [2.45, 2.75) is 111 Å². The molecule has 12 nitrogen and oxygen atoms in total. The van der Waals surface area contributed by atoms with E-state index in [9.17, 15) is 24.6 Å². The predicted molar refractivity (Wildman–Crippen MR) is 207 cm³/mol. The summed E-state index contributed by atoms with van der Waals surface area (Å²) in [5, 5.41) is 32.0. The monoisotopic (exact) mass is 737 g/mol. The van der Waals surface area contributed by atoms with Gasteiger partial charge in [0.15, 0.2) is 0 Å². The molecule has 294 valence electrons. The Bertz CT molecular complexity index is 1570. The highest BCUT2D eigenvalue weighted by Gasteiger charge is 2.50. The van der Waals surface area contributed by atoms with E-state index in [1.54, 1.807) is 37.3 Å². The number of anilines is 1. The lowest BCUT2D eigenvalue weighted by Crippen LogP contribution is -2.53. The molecule has 3 unspecified atom stereocenters. The molecule has 2 aromatic rings. The number of rotatable bonds is 15. The Kier molecular flexibility index (Phi) is 14.5. The Morgan fingerprint density at radius 1 is 1.13 bits per heavy atom. The van der Waals surface area contributed by atoms with Crippen molar-refractivity contribution in [1.29, 1.82) is 0 Å². The largest absolute Gasteiger partial charge is 0.496 e. The molecule has 5 N–H and O–H groups in total. The summed E-state index contributed by atoms with van der Waals surface area (Å²) in [5.74, 6) is -0.290. The highest BCUT2D eigenvalue weighted by molar-refractivity contribution is 5.99. The van der Waals surface area contributed by atoms with Crippen molar-refractivity contribution in [2.75, 3.05) is 39.7 Å². The smallest absolute Gasteiger partial charge is 0.251 e. The van der Waals surface area contributed by atoms with Gasteiger partial charge in [-0.15, -0.1) is 0 Å².